The van der Waals surface area contributed by atoms with Crippen LogP contribution in [0.4, 0.5) is 4.39 Å². The van der Waals surface area contributed by atoms with Gasteiger partial charge in [-0.05, 0) is 55.3 Å². The Kier molecular flexibility index (Phi) is 5.32. The van der Waals surface area contributed by atoms with E-state index in [-0.39, 0.29) is 11.9 Å². The predicted molar refractivity (Wildman–Crippen MR) is 86.2 cm³/mol. The van der Waals surface area contributed by atoms with Crippen molar-refractivity contribution in [1.82, 2.24) is 5.32 Å². The summed E-state index contributed by atoms with van der Waals surface area (Å²) < 4.78 is 14.8. The lowest BCUT2D eigenvalue weighted by atomic mass is 10.00. The normalized spacial score (nSPS) is 12.4. The highest BCUT2D eigenvalue weighted by molar-refractivity contribution is 9.10. The number of hydrogen-bond acceptors (Lipinski definition) is 1. The highest BCUT2D eigenvalue weighted by Gasteiger charge is 2.09. The van der Waals surface area contributed by atoms with Gasteiger partial charge in [-0.3, -0.25) is 0 Å². The van der Waals surface area contributed by atoms with Crippen molar-refractivity contribution in [2.45, 2.75) is 26.3 Å². The van der Waals surface area contributed by atoms with Crippen molar-refractivity contribution >= 4 is 15.9 Å². The van der Waals surface area contributed by atoms with Gasteiger partial charge in [0, 0.05) is 16.1 Å². The molecule has 0 heterocycles. The highest BCUT2D eigenvalue weighted by atomic mass is 79.9. The van der Waals surface area contributed by atoms with Crippen LogP contribution in [0.25, 0.3) is 11.1 Å². The standard InChI is InChI=1S/C17H19BrFN/c1-3-9-20-12(2)13-5-4-6-14(10-13)16-11-15(18)7-8-17(16)19/h4-8,10-12,20H,3,9H2,1-2H3. The number of benzene rings is 2. The Labute approximate surface area is 128 Å². The van der Waals surface area contributed by atoms with E-state index in [1.807, 2.05) is 18.2 Å². The zero-order valence-electron chi connectivity index (χ0n) is 11.8. The van der Waals surface area contributed by atoms with E-state index in [2.05, 4.69) is 47.2 Å². The van der Waals surface area contributed by atoms with E-state index in [1.165, 1.54) is 11.6 Å². The monoisotopic (exact) mass is 335 g/mol. The summed E-state index contributed by atoms with van der Waals surface area (Å²) in [7, 11) is 0. The number of hydrogen-bond donors (Lipinski definition) is 1. The molecule has 0 spiro atoms. The van der Waals surface area contributed by atoms with Crippen molar-refractivity contribution in [3.63, 3.8) is 0 Å². The zero-order chi connectivity index (χ0) is 14.5. The maximum absolute atomic E-state index is 14.0. The molecule has 0 aliphatic carbocycles. The fourth-order valence-electron chi connectivity index (χ4n) is 2.17. The van der Waals surface area contributed by atoms with E-state index in [9.17, 15) is 4.39 Å². The molecule has 0 aromatic heterocycles. The second-order valence-electron chi connectivity index (χ2n) is 4.93. The van der Waals surface area contributed by atoms with Crippen LogP contribution in [-0.4, -0.2) is 6.54 Å². The molecule has 0 bridgehead atoms. The summed E-state index contributed by atoms with van der Waals surface area (Å²) in [6.45, 7) is 5.26. The second kappa shape index (κ2) is 7.00. The van der Waals surface area contributed by atoms with Gasteiger partial charge in [0.05, 0.1) is 0 Å². The molecule has 2 aromatic rings. The van der Waals surface area contributed by atoms with Gasteiger partial charge < -0.3 is 5.32 Å². The fourth-order valence-corrected chi connectivity index (χ4v) is 2.53. The summed E-state index contributed by atoms with van der Waals surface area (Å²) in [6, 6.07) is 13.4. The number of halogens is 2. The number of rotatable bonds is 5. The summed E-state index contributed by atoms with van der Waals surface area (Å²) in [6.07, 6.45) is 1.10. The topological polar surface area (TPSA) is 12.0 Å². The fraction of sp³-hybridized carbons (Fsp3) is 0.294. The lowest BCUT2D eigenvalue weighted by Gasteiger charge is -2.15. The molecule has 20 heavy (non-hydrogen) atoms. The summed E-state index contributed by atoms with van der Waals surface area (Å²) >= 11 is 3.40. The third kappa shape index (κ3) is 3.68. The van der Waals surface area contributed by atoms with E-state index >= 15 is 0 Å². The Morgan fingerprint density at radius 1 is 1.20 bits per heavy atom. The molecule has 1 N–H and O–H groups in total. The Bertz CT molecular complexity index is 583. The molecule has 0 fully saturated rings. The lowest BCUT2D eigenvalue weighted by Crippen LogP contribution is -2.19. The maximum atomic E-state index is 14.0. The molecular formula is C17H19BrFN. The molecule has 106 valence electrons. The molecule has 2 rings (SSSR count). The van der Waals surface area contributed by atoms with Crippen molar-refractivity contribution in [3.05, 3.63) is 58.3 Å². The summed E-state index contributed by atoms with van der Waals surface area (Å²) in [5.41, 5.74) is 2.71. The average Bonchev–Trinajstić information content (AvgIpc) is 2.47. The van der Waals surface area contributed by atoms with Crippen LogP contribution in [0.3, 0.4) is 0 Å². The van der Waals surface area contributed by atoms with E-state index in [0.29, 0.717) is 5.56 Å². The van der Waals surface area contributed by atoms with Gasteiger partial charge in [-0.2, -0.15) is 0 Å². The molecular weight excluding hydrogens is 317 g/mol. The van der Waals surface area contributed by atoms with Crippen molar-refractivity contribution < 1.29 is 4.39 Å². The predicted octanol–water partition coefficient (Wildman–Crippen LogP) is 5.32. The molecule has 3 heteroatoms. The molecule has 0 saturated carbocycles. The SMILES string of the molecule is CCCNC(C)c1cccc(-c2cc(Br)ccc2F)c1. The molecule has 1 atom stereocenters. The first-order valence-electron chi connectivity index (χ1n) is 6.90. The minimum Gasteiger partial charge on any atom is -0.310 e. The van der Waals surface area contributed by atoms with E-state index in [4.69, 9.17) is 0 Å². The van der Waals surface area contributed by atoms with Crippen molar-refractivity contribution in [2.75, 3.05) is 6.54 Å². The zero-order valence-corrected chi connectivity index (χ0v) is 13.4. The first-order valence-corrected chi connectivity index (χ1v) is 7.70. The van der Waals surface area contributed by atoms with Gasteiger partial charge in [0.2, 0.25) is 0 Å². The van der Waals surface area contributed by atoms with Crippen LogP contribution in [-0.2, 0) is 0 Å². The summed E-state index contributed by atoms with van der Waals surface area (Å²) in [5, 5.41) is 3.45. The van der Waals surface area contributed by atoms with Gasteiger partial charge in [0.1, 0.15) is 5.82 Å². The Hall–Kier alpha value is -1.19. The lowest BCUT2D eigenvalue weighted by molar-refractivity contribution is 0.571. The second-order valence-corrected chi connectivity index (χ2v) is 5.84. The quantitative estimate of drug-likeness (QED) is 0.780. The van der Waals surface area contributed by atoms with E-state index in [0.717, 1.165) is 23.0 Å². The molecule has 0 amide bonds. The average molecular weight is 336 g/mol. The van der Waals surface area contributed by atoms with E-state index in [1.54, 1.807) is 6.07 Å². The third-order valence-corrected chi connectivity index (χ3v) is 3.82. The molecule has 0 aliphatic heterocycles. The first-order chi connectivity index (χ1) is 9.61. The van der Waals surface area contributed by atoms with Crippen LogP contribution in [0, 0.1) is 5.82 Å². The van der Waals surface area contributed by atoms with Gasteiger partial charge in [-0.15, -0.1) is 0 Å². The Morgan fingerprint density at radius 3 is 2.75 bits per heavy atom. The molecule has 0 radical (unpaired) electrons. The van der Waals surface area contributed by atoms with Crippen molar-refractivity contribution in [3.8, 4) is 11.1 Å². The smallest absolute Gasteiger partial charge is 0.131 e. The molecule has 1 unspecified atom stereocenters. The van der Waals surface area contributed by atoms with Gasteiger partial charge in [0.25, 0.3) is 0 Å². The first kappa shape index (κ1) is 15.2. The van der Waals surface area contributed by atoms with E-state index < -0.39 is 0 Å². The molecule has 1 nitrogen and oxygen atoms in total. The number of nitrogens with one attached hydrogen (secondary N) is 1. The minimum atomic E-state index is -0.195. The van der Waals surface area contributed by atoms with Crippen LogP contribution in [0.5, 0.6) is 0 Å². The molecule has 0 saturated heterocycles. The Morgan fingerprint density at radius 2 is 2.00 bits per heavy atom. The van der Waals surface area contributed by atoms with Crippen LogP contribution >= 0.6 is 15.9 Å². The van der Waals surface area contributed by atoms with Crippen molar-refractivity contribution in [1.29, 1.82) is 0 Å². The maximum Gasteiger partial charge on any atom is 0.131 e. The minimum absolute atomic E-state index is 0.195. The summed E-state index contributed by atoms with van der Waals surface area (Å²) in [4.78, 5) is 0. The van der Waals surface area contributed by atoms with Crippen LogP contribution in [0.1, 0.15) is 31.9 Å². The van der Waals surface area contributed by atoms with Crippen LogP contribution in [0.2, 0.25) is 0 Å². The van der Waals surface area contributed by atoms with Crippen molar-refractivity contribution in [2.24, 2.45) is 0 Å². The summed E-state index contributed by atoms with van der Waals surface area (Å²) in [5.74, 6) is -0.195. The van der Waals surface area contributed by atoms with Crippen LogP contribution < -0.4 is 5.32 Å². The van der Waals surface area contributed by atoms with Gasteiger partial charge in [0.15, 0.2) is 0 Å². The van der Waals surface area contributed by atoms with Gasteiger partial charge in [-0.25, -0.2) is 4.39 Å². The van der Waals surface area contributed by atoms with Gasteiger partial charge in [-0.1, -0.05) is 41.1 Å². The largest absolute Gasteiger partial charge is 0.310 e. The third-order valence-electron chi connectivity index (χ3n) is 3.33. The van der Waals surface area contributed by atoms with Gasteiger partial charge >= 0.3 is 0 Å². The Balaban J connectivity index is 2.31. The molecule has 2 aromatic carbocycles. The molecule has 0 aliphatic rings. The van der Waals surface area contributed by atoms with Crippen LogP contribution in [0.15, 0.2) is 46.9 Å². The highest BCUT2D eigenvalue weighted by Crippen LogP contribution is 2.28.